The van der Waals surface area contributed by atoms with Crippen molar-refractivity contribution in [3.8, 4) is 0 Å². The lowest BCUT2D eigenvalue weighted by Gasteiger charge is -2.61. The standard InChI is InChI=1S/C19H28N4O2/c1-14(2)18(25)22-12-19(13-22)11-21(8-15-4-3-5-20-7-15)9-16-6-17(24)10-23(16)19/h3-5,7,14,16-17,24H,6,8-13H2,1-2H3/t16-,17+/m0/s1. The zero-order chi connectivity index (χ0) is 17.6. The quantitative estimate of drug-likeness (QED) is 0.869. The van der Waals surface area contributed by atoms with Crippen LogP contribution in [0.5, 0.6) is 0 Å². The Labute approximate surface area is 149 Å². The molecule has 6 nitrogen and oxygen atoms in total. The van der Waals surface area contributed by atoms with E-state index in [0.29, 0.717) is 6.04 Å². The number of likely N-dealkylation sites (tertiary alicyclic amines) is 1. The summed E-state index contributed by atoms with van der Waals surface area (Å²) in [6, 6.07) is 4.48. The molecule has 3 aliphatic heterocycles. The summed E-state index contributed by atoms with van der Waals surface area (Å²) >= 11 is 0. The van der Waals surface area contributed by atoms with Crippen molar-refractivity contribution in [2.75, 3.05) is 32.7 Å². The van der Waals surface area contributed by atoms with Crippen LogP contribution in [0.15, 0.2) is 24.5 Å². The predicted octanol–water partition coefficient (Wildman–Crippen LogP) is 0.569. The number of aliphatic hydroxyl groups excluding tert-OH is 1. The summed E-state index contributed by atoms with van der Waals surface area (Å²) in [6.07, 6.45) is 4.33. The zero-order valence-corrected chi connectivity index (χ0v) is 15.1. The molecule has 2 atom stereocenters. The van der Waals surface area contributed by atoms with Crippen molar-refractivity contribution in [1.29, 1.82) is 0 Å². The molecule has 0 radical (unpaired) electrons. The topological polar surface area (TPSA) is 59.9 Å². The van der Waals surface area contributed by atoms with Gasteiger partial charge in [-0.1, -0.05) is 19.9 Å². The number of hydrogen-bond acceptors (Lipinski definition) is 5. The lowest BCUT2D eigenvalue weighted by atomic mass is 9.83. The minimum absolute atomic E-state index is 0.00710. The summed E-state index contributed by atoms with van der Waals surface area (Å²) in [5, 5.41) is 10.2. The maximum absolute atomic E-state index is 12.3. The van der Waals surface area contributed by atoms with Crippen LogP contribution in [-0.4, -0.2) is 81.1 Å². The number of nitrogens with zero attached hydrogens (tertiary/aromatic N) is 4. The molecular formula is C19H28N4O2. The highest BCUT2D eigenvalue weighted by Crippen LogP contribution is 2.39. The van der Waals surface area contributed by atoms with Gasteiger partial charge in [-0.3, -0.25) is 19.6 Å². The van der Waals surface area contributed by atoms with Crippen LogP contribution in [0.4, 0.5) is 0 Å². The molecular weight excluding hydrogens is 316 g/mol. The normalized spacial score (nSPS) is 29.0. The number of aromatic nitrogens is 1. The van der Waals surface area contributed by atoms with Gasteiger partial charge in [0.05, 0.1) is 11.6 Å². The van der Waals surface area contributed by atoms with Crippen molar-refractivity contribution in [2.45, 2.75) is 44.5 Å². The molecule has 1 spiro atoms. The average molecular weight is 344 g/mol. The van der Waals surface area contributed by atoms with Crippen LogP contribution in [0.2, 0.25) is 0 Å². The Bertz CT molecular complexity index is 630. The molecule has 3 saturated heterocycles. The Morgan fingerprint density at radius 1 is 1.36 bits per heavy atom. The van der Waals surface area contributed by atoms with E-state index in [9.17, 15) is 9.90 Å². The molecule has 1 aromatic rings. The first-order chi connectivity index (χ1) is 12.0. The van der Waals surface area contributed by atoms with Gasteiger partial charge < -0.3 is 10.0 Å². The SMILES string of the molecule is CC(C)C(=O)N1CC2(CN(Cc3cccnc3)C[C@@H]3C[C@@H](O)CN32)C1. The molecule has 1 N–H and O–H groups in total. The Kier molecular flexibility index (Phi) is 4.30. The lowest BCUT2D eigenvalue weighted by molar-refractivity contribution is -0.159. The molecule has 136 valence electrons. The van der Waals surface area contributed by atoms with Crippen molar-refractivity contribution in [3.63, 3.8) is 0 Å². The molecule has 0 saturated carbocycles. The summed E-state index contributed by atoms with van der Waals surface area (Å²) in [5.41, 5.74) is 1.23. The summed E-state index contributed by atoms with van der Waals surface area (Å²) in [7, 11) is 0. The third-order valence-corrected chi connectivity index (χ3v) is 5.89. The number of carbonyl (C=O) groups is 1. The van der Waals surface area contributed by atoms with Gasteiger partial charge in [-0.15, -0.1) is 0 Å². The number of pyridine rings is 1. The van der Waals surface area contributed by atoms with Crippen LogP contribution in [0.3, 0.4) is 0 Å². The number of hydrogen-bond donors (Lipinski definition) is 1. The number of amides is 1. The summed E-state index contributed by atoms with van der Waals surface area (Å²) in [5.74, 6) is 0.290. The summed E-state index contributed by atoms with van der Waals surface area (Å²) in [6.45, 7) is 9.06. The fraction of sp³-hybridized carbons (Fsp3) is 0.684. The number of piperazine rings is 1. The minimum atomic E-state index is -0.241. The molecule has 25 heavy (non-hydrogen) atoms. The molecule has 0 aliphatic carbocycles. The van der Waals surface area contributed by atoms with Gasteiger partial charge in [0.1, 0.15) is 0 Å². The maximum Gasteiger partial charge on any atom is 0.225 e. The highest BCUT2D eigenvalue weighted by atomic mass is 16.3. The van der Waals surface area contributed by atoms with Gasteiger partial charge in [-0.2, -0.15) is 0 Å². The van der Waals surface area contributed by atoms with Gasteiger partial charge >= 0.3 is 0 Å². The molecule has 0 bridgehead atoms. The van der Waals surface area contributed by atoms with E-state index in [0.717, 1.165) is 45.7 Å². The Balaban J connectivity index is 1.50. The Morgan fingerprint density at radius 2 is 2.16 bits per heavy atom. The van der Waals surface area contributed by atoms with Crippen molar-refractivity contribution in [3.05, 3.63) is 30.1 Å². The van der Waals surface area contributed by atoms with Gasteiger partial charge in [0.25, 0.3) is 0 Å². The first-order valence-electron chi connectivity index (χ1n) is 9.32. The predicted molar refractivity (Wildman–Crippen MR) is 94.8 cm³/mol. The monoisotopic (exact) mass is 344 g/mol. The molecule has 1 amide bonds. The van der Waals surface area contributed by atoms with Crippen LogP contribution >= 0.6 is 0 Å². The van der Waals surface area contributed by atoms with Crippen molar-refractivity contribution in [2.24, 2.45) is 5.92 Å². The zero-order valence-electron chi connectivity index (χ0n) is 15.1. The lowest BCUT2D eigenvalue weighted by Crippen LogP contribution is -2.78. The highest BCUT2D eigenvalue weighted by Gasteiger charge is 2.57. The fourth-order valence-electron chi connectivity index (χ4n) is 4.85. The molecule has 3 fully saturated rings. The van der Waals surface area contributed by atoms with Gasteiger partial charge in [0, 0.05) is 63.6 Å². The molecule has 0 unspecified atom stereocenters. The first kappa shape index (κ1) is 16.9. The van der Waals surface area contributed by atoms with Gasteiger partial charge in [-0.25, -0.2) is 0 Å². The van der Waals surface area contributed by atoms with E-state index in [1.807, 2.05) is 31.0 Å². The average Bonchev–Trinajstić information content (AvgIpc) is 2.92. The molecule has 6 heteroatoms. The van der Waals surface area contributed by atoms with E-state index in [2.05, 4.69) is 20.9 Å². The molecule has 1 aromatic heterocycles. The minimum Gasteiger partial charge on any atom is -0.392 e. The maximum atomic E-state index is 12.3. The Morgan fingerprint density at radius 3 is 2.84 bits per heavy atom. The van der Waals surface area contributed by atoms with Crippen LogP contribution in [0.1, 0.15) is 25.8 Å². The second-order valence-corrected chi connectivity index (χ2v) is 8.30. The molecule has 4 heterocycles. The first-order valence-corrected chi connectivity index (χ1v) is 9.32. The van der Waals surface area contributed by atoms with Crippen LogP contribution in [0, 0.1) is 5.92 Å². The second kappa shape index (κ2) is 6.34. The van der Waals surface area contributed by atoms with E-state index in [-0.39, 0.29) is 23.5 Å². The van der Waals surface area contributed by atoms with E-state index in [4.69, 9.17) is 0 Å². The molecule has 4 rings (SSSR count). The van der Waals surface area contributed by atoms with Crippen molar-refractivity contribution < 1.29 is 9.90 Å². The van der Waals surface area contributed by atoms with Gasteiger partial charge in [0.15, 0.2) is 0 Å². The smallest absolute Gasteiger partial charge is 0.225 e. The summed E-state index contributed by atoms with van der Waals surface area (Å²) < 4.78 is 0. The number of β-amino-alcohol motifs (C(OH)–C–C–N with tert-alkyl or cyclic N) is 1. The molecule has 0 aromatic carbocycles. The number of aliphatic hydroxyl groups is 1. The second-order valence-electron chi connectivity index (χ2n) is 8.30. The van der Waals surface area contributed by atoms with Crippen LogP contribution < -0.4 is 0 Å². The van der Waals surface area contributed by atoms with E-state index < -0.39 is 0 Å². The number of rotatable bonds is 3. The van der Waals surface area contributed by atoms with Gasteiger partial charge in [0.2, 0.25) is 5.91 Å². The number of carbonyl (C=O) groups excluding carboxylic acids is 1. The third kappa shape index (κ3) is 3.07. The third-order valence-electron chi connectivity index (χ3n) is 5.89. The number of fused-ring (bicyclic) bond motifs is 2. The highest BCUT2D eigenvalue weighted by molar-refractivity contribution is 5.79. The van der Waals surface area contributed by atoms with Crippen LogP contribution in [0.25, 0.3) is 0 Å². The van der Waals surface area contributed by atoms with Crippen molar-refractivity contribution in [1.82, 2.24) is 19.7 Å². The van der Waals surface area contributed by atoms with Gasteiger partial charge in [-0.05, 0) is 18.1 Å². The van der Waals surface area contributed by atoms with Crippen molar-refractivity contribution >= 4 is 5.91 Å². The summed E-state index contributed by atoms with van der Waals surface area (Å²) in [4.78, 5) is 23.5. The van der Waals surface area contributed by atoms with E-state index in [1.54, 1.807) is 6.20 Å². The molecule has 3 aliphatic rings. The van der Waals surface area contributed by atoms with E-state index >= 15 is 0 Å². The van der Waals surface area contributed by atoms with Crippen LogP contribution in [-0.2, 0) is 11.3 Å². The fourth-order valence-corrected chi connectivity index (χ4v) is 4.85. The largest absolute Gasteiger partial charge is 0.392 e. The Hall–Kier alpha value is -1.50. The van der Waals surface area contributed by atoms with E-state index in [1.165, 1.54) is 5.56 Å².